The third-order valence-corrected chi connectivity index (χ3v) is 8.15. The van der Waals surface area contributed by atoms with Gasteiger partial charge in [-0.3, -0.25) is 8.96 Å². The second-order valence-corrected chi connectivity index (χ2v) is 13.0. The SMILES string of the molecule is CC.CC.CC(C)Oc1cncc(-c2ccc3c(c2)c(-c2nccc(NC4CCCN(C(=O)OC(C)(C)C)C4)n2)cn3SI)n1. The van der Waals surface area contributed by atoms with Crippen molar-refractivity contribution in [2.45, 2.75) is 92.9 Å². The molecule has 1 fully saturated rings. The monoisotopic (exact) mass is 747 g/mol. The van der Waals surface area contributed by atoms with Crippen molar-refractivity contribution in [2.75, 3.05) is 18.4 Å². The van der Waals surface area contributed by atoms with Gasteiger partial charge >= 0.3 is 6.09 Å². The number of anilines is 1. The van der Waals surface area contributed by atoms with Gasteiger partial charge in [0.15, 0.2) is 5.82 Å². The summed E-state index contributed by atoms with van der Waals surface area (Å²) in [7, 11) is 1.58. The van der Waals surface area contributed by atoms with Crippen LogP contribution in [-0.4, -0.2) is 65.7 Å². The first kappa shape index (κ1) is 36.3. The summed E-state index contributed by atoms with van der Waals surface area (Å²) in [4.78, 5) is 32.9. The predicted octanol–water partition coefficient (Wildman–Crippen LogP) is 9.05. The molecule has 1 amide bonds. The van der Waals surface area contributed by atoms with E-state index in [0.29, 0.717) is 24.8 Å². The van der Waals surface area contributed by atoms with Crippen LogP contribution in [0.3, 0.4) is 0 Å². The Kier molecular flexibility index (Phi) is 13.7. The van der Waals surface area contributed by atoms with Gasteiger partial charge in [-0.05, 0) is 65.7 Å². The summed E-state index contributed by atoms with van der Waals surface area (Å²) in [6.07, 6.45) is 8.75. The van der Waals surface area contributed by atoms with Gasteiger partial charge in [-0.25, -0.2) is 19.7 Å². The number of nitrogens with one attached hydrogen (secondary N) is 1. The van der Waals surface area contributed by atoms with Crippen LogP contribution >= 0.6 is 30.3 Å². The second kappa shape index (κ2) is 17.0. The molecule has 1 aliphatic rings. The third-order valence-electron chi connectivity index (χ3n) is 6.43. The van der Waals surface area contributed by atoms with Crippen molar-refractivity contribution in [2.24, 2.45) is 0 Å². The number of carbonyl (C=O) groups excluding carboxylic acids is 1. The minimum Gasteiger partial charge on any atom is -0.474 e. The zero-order valence-electron chi connectivity index (χ0n) is 27.8. The molecule has 1 N–H and O–H groups in total. The molecule has 0 saturated carbocycles. The molecule has 12 heteroatoms. The van der Waals surface area contributed by atoms with Crippen LogP contribution in [0.15, 0.2) is 49.1 Å². The van der Waals surface area contributed by atoms with E-state index in [4.69, 9.17) is 14.5 Å². The number of amides is 1. The molecule has 1 aromatic carbocycles. The number of fused-ring (bicyclic) bond motifs is 1. The van der Waals surface area contributed by atoms with Gasteiger partial charge in [0.25, 0.3) is 0 Å². The molecule has 45 heavy (non-hydrogen) atoms. The Labute approximate surface area is 283 Å². The van der Waals surface area contributed by atoms with Gasteiger partial charge in [0, 0.05) is 78.4 Å². The van der Waals surface area contributed by atoms with Crippen LogP contribution in [0.5, 0.6) is 5.88 Å². The summed E-state index contributed by atoms with van der Waals surface area (Å²) in [6.45, 7) is 18.8. The molecule has 1 aliphatic heterocycles. The highest BCUT2D eigenvalue weighted by atomic mass is 127. The lowest BCUT2D eigenvalue weighted by atomic mass is 10.1. The summed E-state index contributed by atoms with van der Waals surface area (Å²) in [5.41, 5.74) is 3.10. The molecule has 1 unspecified atom stereocenters. The molecule has 4 aromatic rings. The highest BCUT2D eigenvalue weighted by Crippen LogP contribution is 2.36. The quantitative estimate of drug-likeness (QED) is 0.185. The first-order valence-corrected chi connectivity index (χ1v) is 18.9. The standard InChI is InChI=1S/C29H34IN7O3S.2C2H6/c1-18(2)39-26-15-31-14-23(34-26)19-8-9-24-21(13-19)22(17-37(24)41-30)27-32-11-10-25(35-27)33-20-7-6-12-36(16-20)28(38)40-29(3,4)5;2*1-2/h8-11,13-15,17-18,20H,6-7,12,16H2,1-5H3,(H,32,33,35);2*1-2H3. The molecular weight excluding hydrogens is 701 g/mol. The average molecular weight is 748 g/mol. The minimum atomic E-state index is -0.522. The van der Waals surface area contributed by atoms with Crippen LogP contribution < -0.4 is 10.1 Å². The molecule has 10 nitrogen and oxygen atoms in total. The van der Waals surface area contributed by atoms with Gasteiger partial charge < -0.3 is 19.7 Å². The maximum atomic E-state index is 12.6. The van der Waals surface area contributed by atoms with E-state index in [9.17, 15) is 4.79 Å². The van der Waals surface area contributed by atoms with E-state index in [-0.39, 0.29) is 18.2 Å². The van der Waals surface area contributed by atoms with Crippen LogP contribution in [0.25, 0.3) is 33.5 Å². The van der Waals surface area contributed by atoms with E-state index < -0.39 is 5.60 Å². The van der Waals surface area contributed by atoms with Crippen molar-refractivity contribution in [3.8, 4) is 28.5 Å². The zero-order chi connectivity index (χ0) is 33.1. The summed E-state index contributed by atoms with van der Waals surface area (Å²) >= 11 is 2.27. The maximum Gasteiger partial charge on any atom is 0.410 e. The van der Waals surface area contributed by atoms with Crippen molar-refractivity contribution >= 4 is 53.1 Å². The molecule has 0 bridgehead atoms. The van der Waals surface area contributed by atoms with Crippen molar-refractivity contribution in [3.63, 3.8) is 0 Å². The minimum absolute atomic E-state index is 0.00960. The normalized spacial score (nSPS) is 14.6. The van der Waals surface area contributed by atoms with Gasteiger partial charge in [-0.15, -0.1) is 0 Å². The number of hydrogen-bond donors (Lipinski definition) is 1. The number of piperidine rings is 1. The summed E-state index contributed by atoms with van der Waals surface area (Å²) in [5.74, 6) is 1.83. The van der Waals surface area contributed by atoms with Crippen molar-refractivity contribution in [1.29, 1.82) is 0 Å². The number of ether oxygens (including phenoxy) is 2. The van der Waals surface area contributed by atoms with E-state index >= 15 is 0 Å². The first-order chi connectivity index (χ1) is 21.6. The highest BCUT2D eigenvalue weighted by molar-refractivity contribution is 14.2. The zero-order valence-corrected chi connectivity index (χ0v) is 30.8. The average Bonchev–Trinajstić information content (AvgIpc) is 3.40. The van der Waals surface area contributed by atoms with Gasteiger partial charge in [0.05, 0.1) is 29.7 Å². The number of carbonyl (C=O) groups is 1. The third kappa shape index (κ3) is 9.93. The second-order valence-electron chi connectivity index (χ2n) is 11.3. The Bertz CT molecular complexity index is 1540. The molecule has 1 saturated heterocycles. The van der Waals surface area contributed by atoms with Crippen LogP contribution in [0.2, 0.25) is 0 Å². The molecule has 0 radical (unpaired) electrons. The Balaban J connectivity index is 0.00000133. The van der Waals surface area contributed by atoms with Crippen LogP contribution in [0.1, 0.15) is 75.2 Å². The van der Waals surface area contributed by atoms with E-state index in [0.717, 1.165) is 46.4 Å². The van der Waals surface area contributed by atoms with Gasteiger partial charge in [0.2, 0.25) is 5.88 Å². The highest BCUT2D eigenvalue weighted by Gasteiger charge is 2.28. The predicted molar refractivity (Wildman–Crippen MR) is 194 cm³/mol. The number of rotatable bonds is 7. The van der Waals surface area contributed by atoms with Gasteiger partial charge in [0.1, 0.15) is 11.4 Å². The molecule has 4 heterocycles. The number of hydrogen-bond acceptors (Lipinski definition) is 9. The summed E-state index contributed by atoms with van der Waals surface area (Å²) in [5, 5.41) is 4.53. The van der Waals surface area contributed by atoms with Crippen LogP contribution in [-0.2, 0) is 4.74 Å². The number of benzene rings is 1. The number of likely N-dealkylation sites (tertiary alicyclic amines) is 1. The van der Waals surface area contributed by atoms with Crippen LogP contribution in [0.4, 0.5) is 10.6 Å². The smallest absolute Gasteiger partial charge is 0.410 e. The van der Waals surface area contributed by atoms with Gasteiger partial charge in [-0.2, -0.15) is 0 Å². The summed E-state index contributed by atoms with van der Waals surface area (Å²) in [6, 6.07) is 8.14. The largest absolute Gasteiger partial charge is 0.474 e. The maximum absolute atomic E-state index is 12.6. The number of halogens is 1. The number of aromatic nitrogens is 5. The Morgan fingerprint density at radius 3 is 2.56 bits per heavy atom. The van der Waals surface area contributed by atoms with E-state index in [1.165, 1.54) is 0 Å². The fourth-order valence-electron chi connectivity index (χ4n) is 4.75. The Morgan fingerprint density at radius 2 is 1.87 bits per heavy atom. The van der Waals surface area contributed by atoms with Gasteiger partial charge in [-0.1, -0.05) is 33.8 Å². The fraction of sp³-hybridized carbons (Fsp3) is 0.485. The molecular formula is C33H46IN7O3S. The fourth-order valence-corrected chi connectivity index (χ4v) is 6.10. The molecule has 0 aliphatic carbocycles. The Morgan fingerprint density at radius 1 is 1.11 bits per heavy atom. The van der Waals surface area contributed by atoms with Crippen molar-refractivity contribution in [1.82, 2.24) is 28.8 Å². The lowest BCUT2D eigenvalue weighted by Gasteiger charge is -2.34. The van der Waals surface area contributed by atoms with Crippen molar-refractivity contribution in [3.05, 3.63) is 49.1 Å². The molecule has 5 rings (SSSR count). The molecule has 0 spiro atoms. The lowest BCUT2D eigenvalue weighted by Crippen LogP contribution is -2.47. The van der Waals surface area contributed by atoms with E-state index in [1.807, 2.05) is 74.4 Å². The van der Waals surface area contributed by atoms with E-state index in [2.05, 4.69) is 63.8 Å². The molecule has 3 aromatic heterocycles. The molecule has 1 atom stereocenters. The summed E-state index contributed by atoms with van der Waals surface area (Å²) < 4.78 is 13.4. The topological polar surface area (TPSA) is 107 Å². The van der Waals surface area contributed by atoms with Crippen LogP contribution in [0, 0.1) is 0 Å². The number of nitrogens with zero attached hydrogens (tertiary/aromatic N) is 6. The Hall–Kier alpha value is -3.13. The van der Waals surface area contributed by atoms with Crippen molar-refractivity contribution < 1.29 is 14.3 Å². The lowest BCUT2D eigenvalue weighted by molar-refractivity contribution is 0.0206. The van der Waals surface area contributed by atoms with E-state index in [1.54, 1.807) is 32.6 Å². The first-order valence-electron chi connectivity index (χ1n) is 15.6. The molecule has 244 valence electrons.